The number of hydrogen-bond acceptors (Lipinski definition) is 4. The lowest BCUT2D eigenvalue weighted by Crippen LogP contribution is -2.54. The lowest BCUT2D eigenvalue weighted by atomic mass is 9.87. The molecule has 3 unspecified atom stereocenters. The van der Waals surface area contributed by atoms with Crippen molar-refractivity contribution in [2.24, 2.45) is 11.7 Å². The van der Waals surface area contributed by atoms with E-state index in [1.165, 1.54) is 12.8 Å². The molecule has 1 heterocycles. The van der Waals surface area contributed by atoms with Crippen LogP contribution in [0.25, 0.3) is 0 Å². The molecule has 2 amide bonds. The van der Waals surface area contributed by atoms with Gasteiger partial charge in [-0.2, -0.15) is 0 Å². The summed E-state index contributed by atoms with van der Waals surface area (Å²) in [6, 6.07) is -0.0969. The fourth-order valence-corrected chi connectivity index (χ4v) is 3.46. The van der Waals surface area contributed by atoms with Crippen molar-refractivity contribution in [3.63, 3.8) is 0 Å². The van der Waals surface area contributed by atoms with Crippen LogP contribution in [0.3, 0.4) is 0 Å². The fourth-order valence-electron chi connectivity index (χ4n) is 3.46. The predicted octanol–water partition coefficient (Wildman–Crippen LogP) is 0.595. The standard InChI is InChI=1S/C16H30N4O2.ClH/c1-12-4-3-5-14(10-12)18-15(21)11-19-6-8-20(9-7-19)16(22)13(2)17;/h12-14H,3-11,17H2,1-2H3,(H,18,21);1H. The molecule has 3 N–H and O–H groups in total. The Balaban J connectivity index is 0.00000264. The smallest absolute Gasteiger partial charge is 0.239 e. The maximum atomic E-state index is 12.2. The van der Waals surface area contributed by atoms with Crippen molar-refractivity contribution >= 4 is 24.2 Å². The van der Waals surface area contributed by atoms with Gasteiger partial charge in [0.05, 0.1) is 12.6 Å². The largest absolute Gasteiger partial charge is 0.352 e. The van der Waals surface area contributed by atoms with E-state index in [2.05, 4.69) is 17.1 Å². The van der Waals surface area contributed by atoms with Gasteiger partial charge >= 0.3 is 0 Å². The summed E-state index contributed by atoms with van der Waals surface area (Å²) in [4.78, 5) is 27.9. The van der Waals surface area contributed by atoms with Gasteiger partial charge in [-0.25, -0.2) is 0 Å². The molecule has 0 radical (unpaired) electrons. The van der Waals surface area contributed by atoms with Crippen molar-refractivity contribution in [2.75, 3.05) is 32.7 Å². The van der Waals surface area contributed by atoms with Gasteiger partial charge < -0.3 is 16.0 Å². The maximum absolute atomic E-state index is 12.2. The summed E-state index contributed by atoms with van der Waals surface area (Å²) >= 11 is 0. The van der Waals surface area contributed by atoms with E-state index >= 15 is 0 Å². The molecule has 2 aliphatic rings. The summed E-state index contributed by atoms with van der Waals surface area (Å²) in [5, 5.41) is 3.17. The van der Waals surface area contributed by atoms with Gasteiger partial charge in [0.2, 0.25) is 11.8 Å². The van der Waals surface area contributed by atoms with Gasteiger partial charge in [0.25, 0.3) is 0 Å². The quantitative estimate of drug-likeness (QED) is 0.781. The number of hydrogen-bond donors (Lipinski definition) is 2. The molecule has 134 valence electrons. The van der Waals surface area contributed by atoms with E-state index in [1.807, 2.05) is 0 Å². The Kier molecular flexibility index (Phi) is 8.29. The maximum Gasteiger partial charge on any atom is 0.239 e. The van der Waals surface area contributed by atoms with Crippen LogP contribution in [-0.2, 0) is 9.59 Å². The molecule has 1 aliphatic carbocycles. The Morgan fingerprint density at radius 3 is 2.43 bits per heavy atom. The molecule has 2 fully saturated rings. The Labute approximate surface area is 145 Å². The third-order valence-corrected chi connectivity index (χ3v) is 4.74. The Morgan fingerprint density at radius 2 is 1.87 bits per heavy atom. The first-order chi connectivity index (χ1) is 10.5. The number of rotatable bonds is 4. The summed E-state index contributed by atoms with van der Waals surface area (Å²) in [5.74, 6) is 0.832. The molecular weight excluding hydrogens is 316 g/mol. The highest BCUT2D eigenvalue weighted by Crippen LogP contribution is 2.23. The third-order valence-electron chi connectivity index (χ3n) is 4.74. The molecule has 2 rings (SSSR count). The molecule has 23 heavy (non-hydrogen) atoms. The summed E-state index contributed by atoms with van der Waals surface area (Å²) < 4.78 is 0. The van der Waals surface area contributed by atoms with Crippen LogP contribution in [0, 0.1) is 5.92 Å². The minimum Gasteiger partial charge on any atom is -0.352 e. The number of nitrogens with two attached hydrogens (primary N) is 1. The molecule has 0 aromatic heterocycles. The number of halogens is 1. The van der Waals surface area contributed by atoms with Crippen LogP contribution in [0.1, 0.15) is 39.5 Å². The zero-order chi connectivity index (χ0) is 16.1. The summed E-state index contributed by atoms with van der Waals surface area (Å²) in [6.07, 6.45) is 4.70. The Hall–Kier alpha value is -0.850. The van der Waals surface area contributed by atoms with Crippen molar-refractivity contribution in [1.82, 2.24) is 15.1 Å². The molecule has 0 bridgehead atoms. The van der Waals surface area contributed by atoms with Crippen LogP contribution in [0.4, 0.5) is 0 Å². The second-order valence-electron chi connectivity index (χ2n) is 6.93. The van der Waals surface area contributed by atoms with Crippen LogP contribution in [0.2, 0.25) is 0 Å². The van der Waals surface area contributed by atoms with Gasteiger partial charge in [-0.1, -0.05) is 19.8 Å². The van der Waals surface area contributed by atoms with Gasteiger partial charge in [-0.05, 0) is 25.7 Å². The molecule has 1 aliphatic heterocycles. The van der Waals surface area contributed by atoms with E-state index < -0.39 is 6.04 Å². The lowest BCUT2D eigenvalue weighted by Gasteiger charge is -2.35. The molecule has 1 saturated heterocycles. The van der Waals surface area contributed by atoms with E-state index in [-0.39, 0.29) is 24.2 Å². The van der Waals surface area contributed by atoms with Crippen molar-refractivity contribution < 1.29 is 9.59 Å². The van der Waals surface area contributed by atoms with Crippen LogP contribution >= 0.6 is 12.4 Å². The average Bonchev–Trinajstić information content (AvgIpc) is 2.47. The number of nitrogens with zero attached hydrogens (tertiary/aromatic N) is 2. The SMILES string of the molecule is CC1CCCC(NC(=O)CN2CCN(C(=O)C(C)N)CC2)C1.Cl. The first kappa shape index (κ1) is 20.2. The number of nitrogens with one attached hydrogen (secondary N) is 1. The third kappa shape index (κ3) is 6.28. The van der Waals surface area contributed by atoms with Gasteiger partial charge in [-0.15, -0.1) is 12.4 Å². The zero-order valence-electron chi connectivity index (χ0n) is 14.3. The Bertz CT molecular complexity index is 398. The molecule has 1 saturated carbocycles. The molecule has 7 heteroatoms. The first-order valence-corrected chi connectivity index (χ1v) is 8.51. The van der Waals surface area contributed by atoms with E-state index in [0.29, 0.717) is 31.6 Å². The summed E-state index contributed by atoms with van der Waals surface area (Å²) in [5.41, 5.74) is 5.63. The topological polar surface area (TPSA) is 78.7 Å². The molecular formula is C16H31ClN4O2. The van der Waals surface area contributed by atoms with Crippen LogP contribution in [-0.4, -0.2) is 66.4 Å². The normalized spacial score (nSPS) is 27.0. The van der Waals surface area contributed by atoms with Gasteiger partial charge in [0, 0.05) is 32.2 Å². The van der Waals surface area contributed by atoms with E-state index in [4.69, 9.17) is 5.73 Å². The van der Waals surface area contributed by atoms with E-state index in [9.17, 15) is 9.59 Å². The minimum absolute atomic E-state index is 0. The van der Waals surface area contributed by atoms with Gasteiger partial charge in [0.1, 0.15) is 0 Å². The van der Waals surface area contributed by atoms with Crippen molar-refractivity contribution in [3.8, 4) is 0 Å². The van der Waals surface area contributed by atoms with Gasteiger partial charge in [0.15, 0.2) is 0 Å². The lowest BCUT2D eigenvalue weighted by molar-refractivity contribution is -0.134. The number of amides is 2. The molecule has 0 aromatic carbocycles. The van der Waals surface area contributed by atoms with Crippen molar-refractivity contribution in [1.29, 1.82) is 0 Å². The number of piperazine rings is 1. The van der Waals surface area contributed by atoms with E-state index in [0.717, 1.165) is 25.9 Å². The molecule has 0 spiro atoms. The molecule has 6 nitrogen and oxygen atoms in total. The summed E-state index contributed by atoms with van der Waals surface area (Å²) in [6.45, 7) is 7.22. The van der Waals surface area contributed by atoms with E-state index in [1.54, 1.807) is 11.8 Å². The number of carbonyl (C=O) groups is 2. The van der Waals surface area contributed by atoms with Crippen LogP contribution in [0.5, 0.6) is 0 Å². The fraction of sp³-hybridized carbons (Fsp3) is 0.875. The van der Waals surface area contributed by atoms with Crippen LogP contribution < -0.4 is 11.1 Å². The van der Waals surface area contributed by atoms with Crippen molar-refractivity contribution in [2.45, 2.75) is 51.6 Å². The van der Waals surface area contributed by atoms with Crippen molar-refractivity contribution in [3.05, 3.63) is 0 Å². The zero-order valence-corrected chi connectivity index (χ0v) is 15.1. The summed E-state index contributed by atoms with van der Waals surface area (Å²) in [7, 11) is 0. The predicted molar refractivity (Wildman–Crippen MR) is 93.5 cm³/mol. The highest BCUT2D eigenvalue weighted by atomic mass is 35.5. The first-order valence-electron chi connectivity index (χ1n) is 8.51. The second kappa shape index (κ2) is 9.45. The molecule has 3 atom stereocenters. The second-order valence-corrected chi connectivity index (χ2v) is 6.93. The van der Waals surface area contributed by atoms with Crippen LogP contribution in [0.15, 0.2) is 0 Å². The monoisotopic (exact) mass is 346 g/mol. The Morgan fingerprint density at radius 1 is 1.22 bits per heavy atom. The average molecular weight is 347 g/mol. The highest BCUT2D eigenvalue weighted by Gasteiger charge is 2.25. The highest BCUT2D eigenvalue weighted by molar-refractivity contribution is 5.85. The minimum atomic E-state index is -0.442. The molecule has 0 aromatic rings. The number of carbonyl (C=O) groups excluding carboxylic acids is 2. The van der Waals surface area contributed by atoms with Gasteiger partial charge in [-0.3, -0.25) is 14.5 Å².